The van der Waals surface area contributed by atoms with Gasteiger partial charge in [-0.25, -0.2) is 0 Å². The molecule has 1 amide bonds. The molecule has 2 aliphatic heterocycles. The van der Waals surface area contributed by atoms with Crippen molar-refractivity contribution >= 4 is 5.91 Å². The summed E-state index contributed by atoms with van der Waals surface area (Å²) in [6, 6.07) is 20.5. The molecule has 1 N–H and O–H groups in total. The number of piperidine rings is 1. The van der Waals surface area contributed by atoms with Gasteiger partial charge in [0.05, 0.1) is 18.9 Å². The van der Waals surface area contributed by atoms with Gasteiger partial charge >= 0.3 is 0 Å². The third-order valence-electron chi connectivity index (χ3n) is 7.65. The van der Waals surface area contributed by atoms with Crippen LogP contribution in [0, 0.1) is 5.92 Å². The van der Waals surface area contributed by atoms with E-state index in [2.05, 4.69) is 57.5 Å². The molecule has 1 aromatic heterocycles. The summed E-state index contributed by atoms with van der Waals surface area (Å²) in [5, 5.41) is 3.18. The minimum Gasteiger partial charge on any atom is -0.491 e. The number of amides is 1. The van der Waals surface area contributed by atoms with Crippen molar-refractivity contribution in [2.24, 2.45) is 5.92 Å². The van der Waals surface area contributed by atoms with E-state index in [0.29, 0.717) is 37.7 Å². The number of likely N-dealkylation sites (tertiary alicyclic amines) is 1. The first-order valence-corrected chi connectivity index (χ1v) is 14.1. The molecule has 7 nitrogen and oxygen atoms in total. The average molecular weight is 529 g/mol. The van der Waals surface area contributed by atoms with Gasteiger partial charge in [-0.1, -0.05) is 30.3 Å². The molecule has 1 saturated heterocycles. The van der Waals surface area contributed by atoms with Gasteiger partial charge in [-0.15, -0.1) is 0 Å². The molecule has 0 radical (unpaired) electrons. The predicted molar refractivity (Wildman–Crippen MR) is 153 cm³/mol. The summed E-state index contributed by atoms with van der Waals surface area (Å²) in [5.41, 5.74) is 5.19. The molecule has 39 heavy (non-hydrogen) atoms. The molecule has 0 atom stereocenters. The standard InChI is InChI=1S/C32H40N4O3/c1-35-13-10-25(11-14-35)22-34-32(37)28-8-9-31-29(21-28)20-26-5-4-6-27(19-26)23-36(15-16-38-17-18-39-31)24-30-7-2-3-12-33-30/h2-9,12,19,21,25H,10-11,13-18,20,22-24H2,1H3,(H,34,37). The minimum atomic E-state index is -0.0154. The fourth-order valence-corrected chi connectivity index (χ4v) is 5.36. The summed E-state index contributed by atoms with van der Waals surface area (Å²) >= 11 is 0. The number of carbonyl (C=O) groups excluding carboxylic acids is 1. The fraction of sp³-hybridized carbons (Fsp3) is 0.438. The summed E-state index contributed by atoms with van der Waals surface area (Å²) in [7, 11) is 2.16. The number of nitrogens with one attached hydrogen (secondary N) is 1. The van der Waals surface area contributed by atoms with E-state index in [1.165, 1.54) is 11.1 Å². The Hall–Kier alpha value is -3.26. The van der Waals surface area contributed by atoms with Crippen molar-refractivity contribution in [3.05, 3.63) is 94.8 Å². The van der Waals surface area contributed by atoms with Crippen LogP contribution in [0.3, 0.4) is 0 Å². The van der Waals surface area contributed by atoms with E-state index >= 15 is 0 Å². The molecule has 0 aliphatic carbocycles. The zero-order valence-electron chi connectivity index (χ0n) is 23.0. The predicted octanol–water partition coefficient (Wildman–Crippen LogP) is 4.16. The Bertz CT molecular complexity index is 1210. The van der Waals surface area contributed by atoms with Gasteiger partial charge in [-0.3, -0.25) is 14.7 Å². The number of benzene rings is 2. The Kier molecular flexibility index (Phi) is 9.59. The van der Waals surface area contributed by atoms with E-state index in [0.717, 1.165) is 69.1 Å². The van der Waals surface area contributed by atoms with Crippen LogP contribution < -0.4 is 10.1 Å². The topological polar surface area (TPSA) is 66.9 Å². The van der Waals surface area contributed by atoms with E-state index in [-0.39, 0.29) is 5.91 Å². The van der Waals surface area contributed by atoms with E-state index in [4.69, 9.17) is 9.47 Å². The molecule has 2 aromatic carbocycles. The van der Waals surface area contributed by atoms with E-state index < -0.39 is 0 Å². The third-order valence-corrected chi connectivity index (χ3v) is 7.65. The summed E-state index contributed by atoms with van der Waals surface area (Å²) in [6.45, 7) is 6.93. The van der Waals surface area contributed by atoms with Gasteiger partial charge < -0.3 is 19.7 Å². The number of hydrogen-bond donors (Lipinski definition) is 1. The van der Waals surface area contributed by atoms with Crippen molar-refractivity contribution in [1.82, 2.24) is 20.1 Å². The van der Waals surface area contributed by atoms with Gasteiger partial charge in [-0.2, -0.15) is 0 Å². The summed E-state index contributed by atoms with van der Waals surface area (Å²) in [6.07, 6.45) is 4.80. The second kappa shape index (κ2) is 13.7. The van der Waals surface area contributed by atoms with Crippen LogP contribution in [-0.4, -0.2) is 73.7 Å². The van der Waals surface area contributed by atoms with E-state index in [1.54, 1.807) is 0 Å². The normalized spacial score (nSPS) is 18.0. The molecule has 7 heteroatoms. The van der Waals surface area contributed by atoms with Crippen molar-refractivity contribution in [1.29, 1.82) is 0 Å². The maximum atomic E-state index is 13.1. The lowest BCUT2D eigenvalue weighted by atomic mass is 9.97. The molecule has 2 bridgehead atoms. The van der Waals surface area contributed by atoms with E-state index in [1.807, 2.05) is 36.5 Å². The Morgan fingerprint density at radius 2 is 1.85 bits per heavy atom. The van der Waals surface area contributed by atoms with Gasteiger partial charge in [-0.05, 0) is 85.9 Å². The van der Waals surface area contributed by atoms with Crippen molar-refractivity contribution in [2.45, 2.75) is 32.4 Å². The molecule has 1 fully saturated rings. The molecule has 0 spiro atoms. The highest BCUT2D eigenvalue weighted by Gasteiger charge is 2.19. The van der Waals surface area contributed by atoms with Crippen molar-refractivity contribution < 1.29 is 14.3 Å². The number of rotatable bonds is 5. The van der Waals surface area contributed by atoms with Crippen LogP contribution in [0.4, 0.5) is 0 Å². The van der Waals surface area contributed by atoms with Crippen LogP contribution in [0.2, 0.25) is 0 Å². The Morgan fingerprint density at radius 1 is 0.974 bits per heavy atom. The van der Waals surface area contributed by atoms with Gasteiger partial charge in [0.15, 0.2) is 0 Å². The summed E-state index contributed by atoms with van der Waals surface area (Å²) < 4.78 is 12.1. The van der Waals surface area contributed by atoms with Crippen molar-refractivity contribution in [3.8, 4) is 5.75 Å². The fourth-order valence-electron chi connectivity index (χ4n) is 5.36. The minimum absolute atomic E-state index is 0.0154. The molecule has 206 valence electrons. The summed E-state index contributed by atoms with van der Waals surface area (Å²) in [4.78, 5) is 22.3. The first kappa shape index (κ1) is 27.3. The van der Waals surface area contributed by atoms with Crippen LogP contribution in [0.15, 0.2) is 66.9 Å². The average Bonchev–Trinajstić information content (AvgIpc) is 2.95. The molecular weight excluding hydrogens is 488 g/mol. The zero-order valence-corrected chi connectivity index (χ0v) is 23.0. The lowest BCUT2D eigenvalue weighted by Gasteiger charge is -2.28. The largest absolute Gasteiger partial charge is 0.491 e. The SMILES string of the molecule is CN1CCC(CNC(=O)c2ccc3c(c2)Cc2cccc(c2)CN(Cc2ccccn2)CCOCCO3)CC1. The number of fused-ring (bicyclic) bond motifs is 3. The summed E-state index contributed by atoms with van der Waals surface area (Å²) in [5.74, 6) is 1.34. The first-order chi connectivity index (χ1) is 19.1. The molecule has 0 unspecified atom stereocenters. The van der Waals surface area contributed by atoms with Gasteiger partial charge in [0.25, 0.3) is 5.91 Å². The lowest BCUT2D eigenvalue weighted by molar-refractivity contribution is 0.0754. The zero-order chi connectivity index (χ0) is 26.9. The Labute approximate surface area is 232 Å². The van der Waals surface area contributed by atoms with Crippen LogP contribution >= 0.6 is 0 Å². The molecular formula is C32H40N4O3. The highest BCUT2D eigenvalue weighted by atomic mass is 16.5. The maximum Gasteiger partial charge on any atom is 0.251 e. The van der Waals surface area contributed by atoms with Crippen molar-refractivity contribution in [3.63, 3.8) is 0 Å². The van der Waals surface area contributed by atoms with Gasteiger partial charge in [0.1, 0.15) is 12.4 Å². The Morgan fingerprint density at radius 3 is 2.69 bits per heavy atom. The molecule has 0 saturated carbocycles. The lowest BCUT2D eigenvalue weighted by Crippen LogP contribution is -2.36. The first-order valence-electron chi connectivity index (χ1n) is 14.1. The number of carbonyl (C=O) groups is 1. The second-order valence-corrected chi connectivity index (χ2v) is 10.8. The maximum absolute atomic E-state index is 13.1. The van der Waals surface area contributed by atoms with Crippen LogP contribution in [-0.2, 0) is 24.2 Å². The molecule has 2 aliphatic rings. The number of ether oxygens (including phenoxy) is 2. The number of nitrogens with zero attached hydrogens (tertiary/aromatic N) is 3. The highest BCUT2D eigenvalue weighted by molar-refractivity contribution is 5.94. The van der Waals surface area contributed by atoms with Crippen LogP contribution in [0.25, 0.3) is 0 Å². The quantitative estimate of drug-likeness (QED) is 0.537. The third kappa shape index (κ3) is 8.12. The van der Waals surface area contributed by atoms with Gasteiger partial charge in [0, 0.05) is 44.4 Å². The monoisotopic (exact) mass is 528 g/mol. The number of aromatic nitrogens is 1. The second-order valence-electron chi connectivity index (χ2n) is 10.8. The van der Waals surface area contributed by atoms with Crippen molar-refractivity contribution in [2.75, 3.05) is 53.0 Å². The van der Waals surface area contributed by atoms with Crippen LogP contribution in [0.1, 0.15) is 45.6 Å². The molecule has 3 aromatic rings. The number of pyridine rings is 1. The van der Waals surface area contributed by atoms with E-state index in [9.17, 15) is 4.79 Å². The highest BCUT2D eigenvalue weighted by Crippen LogP contribution is 2.25. The van der Waals surface area contributed by atoms with Crippen LogP contribution in [0.5, 0.6) is 5.75 Å². The number of hydrogen-bond acceptors (Lipinski definition) is 6. The molecule has 3 heterocycles. The van der Waals surface area contributed by atoms with Gasteiger partial charge in [0.2, 0.25) is 0 Å². The Balaban J connectivity index is 1.30. The molecule has 5 rings (SSSR count). The smallest absolute Gasteiger partial charge is 0.251 e.